The van der Waals surface area contributed by atoms with E-state index in [0.717, 1.165) is 11.3 Å². The van der Waals surface area contributed by atoms with E-state index in [1.165, 1.54) is 12.1 Å². The van der Waals surface area contributed by atoms with Gasteiger partial charge in [-0.1, -0.05) is 29.8 Å². The highest BCUT2D eigenvalue weighted by molar-refractivity contribution is 7.89. The molecule has 0 aromatic heterocycles. The number of nitrogens with two attached hydrogens (primary N) is 1. The third kappa shape index (κ3) is 6.74. The van der Waals surface area contributed by atoms with E-state index < -0.39 is 10.0 Å². The summed E-state index contributed by atoms with van der Waals surface area (Å²) in [5, 5.41) is 11.6. The molecule has 0 aliphatic rings. The van der Waals surface area contributed by atoms with Crippen molar-refractivity contribution in [3.05, 3.63) is 59.1 Å². The highest BCUT2D eigenvalue weighted by Crippen LogP contribution is 2.14. The van der Waals surface area contributed by atoms with Crippen molar-refractivity contribution in [2.75, 3.05) is 18.4 Å². The van der Waals surface area contributed by atoms with Gasteiger partial charge in [-0.15, -0.1) is 0 Å². The van der Waals surface area contributed by atoms with Crippen LogP contribution in [0.2, 0.25) is 5.02 Å². The molecule has 25 heavy (non-hydrogen) atoms. The summed E-state index contributed by atoms with van der Waals surface area (Å²) in [6.07, 6.45) is 0.954. The molecule has 0 heterocycles. The van der Waals surface area contributed by atoms with Crippen LogP contribution in [0.4, 0.5) is 5.69 Å². The van der Waals surface area contributed by atoms with Crippen LogP contribution in [0.1, 0.15) is 12.0 Å². The molecule has 0 radical (unpaired) electrons. The minimum Gasteiger partial charge on any atom is -0.384 e. The SMILES string of the molecule is NS(=O)(=O)c1ccc(CCNC(=O)CCNc2cccc(Cl)c2)cc1. The van der Waals surface area contributed by atoms with Crippen LogP contribution in [0.5, 0.6) is 0 Å². The van der Waals surface area contributed by atoms with E-state index in [1.54, 1.807) is 24.3 Å². The van der Waals surface area contributed by atoms with Gasteiger partial charge in [0.2, 0.25) is 15.9 Å². The van der Waals surface area contributed by atoms with Gasteiger partial charge in [-0.05, 0) is 42.3 Å². The Hall–Kier alpha value is -2.09. The topological polar surface area (TPSA) is 101 Å². The maximum Gasteiger partial charge on any atom is 0.238 e. The van der Waals surface area contributed by atoms with Gasteiger partial charge in [0.05, 0.1) is 4.90 Å². The number of primary sulfonamides is 1. The molecule has 0 aliphatic carbocycles. The summed E-state index contributed by atoms with van der Waals surface area (Å²) >= 11 is 5.89. The zero-order valence-electron chi connectivity index (χ0n) is 13.5. The predicted molar refractivity (Wildman–Crippen MR) is 99.1 cm³/mol. The maximum atomic E-state index is 11.8. The second kappa shape index (κ2) is 8.84. The van der Waals surface area contributed by atoms with Crippen LogP contribution >= 0.6 is 11.6 Å². The first-order chi connectivity index (χ1) is 11.8. The molecule has 0 saturated heterocycles. The average molecular weight is 382 g/mol. The van der Waals surface area contributed by atoms with Crippen molar-refractivity contribution in [1.29, 1.82) is 0 Å². The second-order valence-electron chi connectivity index (χ2n) is 5.48. The Bertz CT molecular complexity index is 823. The van der Waals surface area contributed by atoms with Gasteiger partial charge >= 0.3 is 0 Å². The third-order valence-corrected chi connectivity index (χ3v) is 4.66. The summed E-state index contributed by atoms with van der Waals surface area (Å²) in [4.78, 5) is 11.9. The monoisotopic (exact) mass is 381 g/mol. The van der Waals surface area contributed by atoms with E-state index in [4.69, 9.17) is 16.7 Å². The van der Waals surface area contributed by atoms with Crippen LogP contribution in [0.3, 0.4) is 0 Å². The molecular weight excluding hydrogens is 362 g/mol. The molecule has 4 N–H and O–H groups in total. The number of amides is 1. The first-order valence-electron chi connectivity index (χ1n) is 7.72. The van der Waals surface area contributed by atoms with Crippen molar-refractivity contribution >= 4 is 33.2 Å². The summed E-state index contributed by atoms with van der Waals surface area (Å²) in [5.74, 6) is -0.0596. The van der Waals surface area contributed by atoms with E-state index in [1.807, 2.05) is 12.1 Å². The van der Waals surface area contributed by atoms with Crippen LogP contribution in [0.15, 0.2) is 53.4 Å². The Balaban J connectivity index is 1.68. The third-order valence-electron chi connectivity index (χ3n) is 3.49. The van der Waals surface area contributed by atoms with E-state index >= 15 is 0 Å². The molecule has 1 amide bonds. The lowest BCUT2D eigenvalue weighted by Gasteiger charge is -2.08. The number of anilines is 1. The van der Waals surface area contributed by atoms with Gasteiger partial charge in [0.1, 0.15) is 0 Å². The van der Waals surface area contributed by atoms with E-state index in [9.17, 15) is 13.2 Å². The van der Waals surface area contributed by atoms with Gasteiger partial charge in [-0.2, -0.15) is 0 Å². The zero-order chi connectivity index (χ0) is 18.3. The van der Waals surface area contributed by atoms with Gasteiger partial charge in [0, 0.05) is 30.2 Å². The molecule has 2 aromatic carbocycles. The lowest BCUT2D eigenvalue weighted by molar-refractivity contribution is -0.120. The quantitative estimate of drug-likeness (QED) is 0.652. The highest BCUT2D eigenvalue weighted by Gasteiger charge is 2.07. The number of halogens is 1. The molecule has 0 bridgehead atoms. The number of carbonyl (C=O) groups is 1. The van der Waals surface area contributed by atoms with Crippen molar-refractivity contribution in [1.82, 2.24) is 5.32 Å². The molecule has 2 rings (SSSR count). The standard InChI is InChI=1S/C17H20ClN3O3S/c18-14-2-1-3-15(12-14)20-11-9-17(22)21-10-8-13-4-6-16(7-5-13)25(19,23)24/h1-7,12,20H,8-11H2,(H,21,22)(H2,19,23,24). The van der Waals surface area contributed by atoms with Crippen LogP contribution in [-0.2, 0) is 21.2 Å². The van der Waals surface area contributed by atoms with Crippen molar-refractivity contribution in [2.24, 2.45) is 5.14 Å². The Kier molecular flexibility index (Phi) is 6.81. The Morgan fingerprint density at radius 2 is 1.80 bits per heavy atom. The van der Waals surface area contributed by atoms with Crippen LogP contribution in [0, 0.1) is 0 Å². The average Bonchev–Trinajstić information content (AvgIpc) is 2.54. The van der Waals surface area contributed by atoms with Crippen LogP contribution < -0.4 is 15.8 Å². The number of carbonyl (C=O) groups excluding carboxylic acids is 1. The smallest absolute Gasteiger partial charge is 0.238 e. The molecule has 0 atom stereocenters. The van der Waals surface area contributed by atoms with Crippen LogP contribution in [0.25, 0.3) is 0 Å². The first-order valence-corrected chi connectivity index (χ1v) is 9.65. The number of sulfonamides is 1. The predicted octanol–water partition coefficient (Wildman–Crippen LogP) is 2.15. The Morgan fingerprint density at radius 3 is 2.44 bits per heavy atom. The lowest BCUT2D eigenvalue weighted by Crippen LogP contribution is -2.27. The summed E-state index contributed by atoms with van der Waals surface area (Å²) in [7, 11) is -3.67. The largest absolute Gasteiger partial charge is 0.384 e. The van der Waals surface area contributed by atoms with Gasteiger partial charge in [0.15, 0.2) is 0 Å². The summed E-state index contributed by atoms with van der Waals surface area (Å²) in [6.45, 7) is 0.986. The lowest BCUT2D eigenvalue weighted by atomic mass is 10.1. The molecule has 0 fully saturated rings. The highest BCUT2D eigenvalue weighted by atomic mass is 35.5. The van der Waals surface area contributed by atoms with Gasteiger partial charge in [-0.25, -0.2) is 13.6 Å². The summed E-state index contributed by atoms with van der Waals surface area (Å²) in [5.41, 5.74) is 1.79. The molecule has 8 heteroatoms. The van der Waals surface area contributed by atoms with Crippen molar-refractivity contribution < 1.29 is 13.2 Å². The van der Waals surface area contributed by atoms with Crippen molar-refractivity contribution in [3.8, 4) is 0 Å². The van der Waals surface area contributed by atoms with Gasteiger partial charge in [0.25, 0.3) is 0 Å². The number of hydrogen-bond acceptors (Lipinski definition) is 4. The molecule has 0 saturated carbocycles. The van der Waals surface area contributed by atoms with Crippen molar-refractivity contribution in [2.45, 2.75) is 17.7 Å². The maximum absolute atomic E-state index is 11.8. The molecule has 0 spiro atoms. The van der Waals surface area contributed by atoms with E-state index in [2.05, 4.69) is 10.6 Å². The fourth-order valence-electron chi connectivity index (χ4n) is 2.20. The summed E-state index contributed by atoms with van der Waals surface area (Å²) in [6, 6.07) is 13.6. The van der Waals surface area contributed by atoms with Crippen LogP contribution in [-0.4, -0.2) is 27.4 Å². The van der Waals surface area contributed by atoms with E-state index in [0.29, 0.717) is 31.0 Å². The normalized spacial score (nSPS) is 11.1. The zero-order valence-corrected chi connectivity index (χ0v) is 15.1. The minimum absolute atomic E-state index is 0.0596. The molecule has 0 aliphatic heterocycles. The summed E-state index contributed by atoms with van der Waals surface area (Å²) < 4.78 is 22.4. The first kappa shape index (κ1) is 19.2. The van der Waals surface area contributed by atoms with Crippen molar-refractivity contribution in [3.63, 3.8) is 0 Å². The Labute approximate surface area is 152 Å². The molecule has 134 valence electrons. The number of hydrogen-bond donors (Lipinski definition) is 3. The molecular formula is C17H20ClN3O3S. The molecule has 6 nitrogen and oxygen atoms in total. The van der Waals surface area contributed by atoms with E-state index in [-0.39, 0.29) is 10.8 Å². The minimum atomic E-state index is -3.67. The Morgan fingerprint density at radius 1 is 1.08 bits per heavy atom. The number of benzene rings is 2. The fourth-order valence-corrected chi connectivity index (χ4v) is 2.90. The van der Waals surface area contributed by atoms with Gasteiger partial charge in [-0.3, -0.25) is 4.79 Å². The molecule has 2 aromatic rings. The van der Waals surface area contributed by atoms with Gasteiger partial charge < -0.3 is 10.6 Å². The molecule has 0 unspecified atom stereocenters. The fraction of sp³-hybridized carbons (Fsp3) is 0.235. The number of rotatable bonds is 8. The second-order valence-corrected chi connectivity index (χ2v) is 7.47. The number of nitrogens with one attached hydrogen (secondary N) is 2.